The lowest BCUT2D eigenvalue weighted by Gasteiger charge is -2.25. The van der Waals surface area contributed by atoms with E-state index in [1.54, 1.807) is 0 Å². The van der Waals surface area contributed by atoms with Gasteiger partial charge in [-0.05, 0) is 18.9 Å². The minimum atomic E-state index is 0.400. The quantitative estimate of drug-likeness (QED) is 0.536. The van der Waals surface area contributed by atoms with Gasteiger partial charge in [0, 0.05) is 31.0 Å². The molecule has 0 unspecified atom stereocenters. The summed E-state index contributed by atoms with van der Waals surface area (Å²) < 4.78 is 5.31. The van der Waals surface area contributed by atoms with E-state index in [1.165, 1.54) is 6.21 Å². The van der Waals surface area contributed by atoms with Crippen molar-refractivity contribution in [3.05, 3.63) is 23.8 Å². The van der Waals surface area contributed by atoms with Crippen LogP contribution in [0.25, 0.3) is 0 Å². The molecular formula is C12H17N3O. The molecule has 0 atom stereocenters. The number of benzene rings is 1. The van der Waals surface area contributed by atoms with E-state index in [0.29, 0.717) is 11.7 Å². The van der Waals surface area contributed by atoms with Gasteiger partial charge >= 0.3 is 0 Å². The van der Waals surface area contributed by atoms with Crippen molar-refractivity contribution < 1.29 is 4.74 Å². The minimum Gasteiger partial charge on any atom is -0.397 e. The van der Waals surface area contributed by atoms with E-state index in [2.05, 4.69) is 5.32 Å². The van der Waals surface area contributed by atoms with Gasteiger partial charge in [-0.15, -0.1) is 0 Å². The fraction of sp³-hybridized carbons (Fsp3) is 0.417. The summed E-state index contributed by atoms with van der Waals surface area (Å²) >= 11 is 0. The first kappa shape index (κ1) is 11.0. The Bertz CT molecular complexity index is 373. The smallest absolute Gasteiger partial charge is 0.0664 e. The van der Waals surface area contributed by atoms with Crippen LogP contribution in [-0.2, 0) is 4.74 Å². The SMILES string of the molecule is N=Cc1cccc(N)c1NC1CCOCC1. The number of nitrogens with two attached hydrogens (primary N) is 1. The number of hydrogen-bond donors (Lipinski definition) is 3. The maximum atomic E-state index is 7.35. The van der Waals surface area contributed by atoms with Crippen molar-refractivity contribution in [3.63, 3.8) is 0 Å². The van der Waals surface area contributed by atoms with Crippen LogP contribution in [0, 0.1) is 5.41 Å². The molecule has 0 spiro atoms. The molecular weight excluding hydrogens is 202 g/mol. The van der Waals surface area contributed by atoms with Crippen LogP contribution in [0.3, 0.4) is 0 Å². The van der Waals surface area contributed by atoms with Crippen LogP contribution in [0.1, 0.15) is 18.4 Å². The van der Waals surface area contributed by atoms with Crippen LogP contribution in [0.4, 0.5) is 11.4 Å². The molecule has 1 aliphatic heterocycles. The minimum absolute atomic E-state index is 0.400. The van der Waals surface area contributed by atoms with Gasteiger partial charge < -0.3 is 21.2 Å². The Morgan fingerprint density at radius 2 is 2.12 bits per heavy atom. The van der Waals surface area contributed by atoms with Gasteiger partial charge in [0.25, 0.3) is 0 Å². The van der Waals surface area contributed by atoms with Crippen molar-refractivity contribution in [2.24, 2.45) is 0 Å². The summed E-state index contributed by atoms with van der Waals surface area (Å²) in [6.45, 7) is 1.59. The summed E-state index contributed by atoms with van der Waals surface area (Å²) in [7, 11) is 0. The topological polar surface area (TPSA) is 71.1 Å². The van der Waals surface area contributed by atoms with E-state index in [0.717, 1.165) is 37.3 Å². The molecule has 0 saturated carbocycles. The lowest BCUT2D eigenvalue weighted by Crippen LogP contribution is -2.28. The Morgan fingerprint density at radius 1 is 1.38 bits per heavy atom. The largest absolute Gasteiger partial charge is 0.397 e. The second kappa shape index (κ2) is 4.99. The standard InChI is InChI=1S/C12H17N3O/c13-8-9-2-1-3-11(14)12(9)15-10-4-6-16-7-5-10/h1-3,8,10,13,15H,4-7,14H2. The highest BCUT2D eigenvalue weighted by molar-refractivity contribution is 5.90. The second-order valence-electron chi connectivity index (χ2n) is 3.99. The molecule has 1 aromatic rings. The molecule has 0 radical (unpaired) electrons. The first-order chi connectivity index (χ1) is 7.81. The predicted octanol–water partition coefficient (Wildman–Crippen LogP) is 1.86. The second-order valence-corrected chi connectivity index (χ2v) is 3.99. The van der Waals surface area contributed by atoms with Crippen molar-refractivity contribution in [3.8, 4) is 0 Å². The molecule has 0 bridgehead atoms. The van der Waals surface area contributed by atoms with Gasteiger partial charge in [-0.25, -0.2) is 0 Å². The molecule has 1 fully saturated rings. The Kier molecular flexibility index (Phi) is 3.41. The van der Waals surface area contributed by atoms with Gasteiger partial charge in [-0.3, -0.25) is 0 Å². The van der Waals surface area contributed by atoms with Gasteiger partial charge in [-0.1, -0.05) is 12.1 Å². The van der Waals surface area contributed by atoms with Gasteiger partial charge in [-0.2, -0.15) is 0 Å². The Balaban J connectivity index is 2.15. The molecule has 0 aliphatic carbocycles. The maximum absolute atomic E-state index is 7.35. The monoisotopic (exact) mass is 219 g/mol. The predicted molar refractivity (Wildman–Crippen MR) is 66.2 cm³/mol. The summed E-state index contributed by atoms with van der Waals surface area (Å²) in [5.41, 5.74) is 8.34. The highest BCUT2D eigenvalue weighted by Gasteiger charge is 2.15. The summed E-state index contributed by atoms with van der Waals surface area (Å²) in [4.78, 5) is 0. The lowest BCUT2D eigenvalue weighted by molar-refractivity contribution is 0.0904. The van der Waals surface area contributed by atoms with Crippen molar-refractivity contribution >= 4 is 17.6 Å². The highest BCUT2D eigenvalue weighted by atomic mass is 16.5. The van der Waals surface area contributed by atoms with Crippen molar-refractivity contribution in [2.45, 2.75) is 18.9 Å². The zero-order valence-electron chi connectivity index (χ0n) is 9.20. The van der Waals surface area contributed by atoms with Crippen LogP contribution in [0.2, 0.25) is 0 Å². The molecule has 2 rings (SSSR count). The van der Waals surface area contributed by atoms with Crippen molar-refractivity contribution in [1.29, 1.82) is 5.41 Å². The van der Waals surface area contributed by atoms with Crippen LogP contribution in [-0.4, -0.2) is 25.5 Å². The van der Waals surface area contributed by atoms with E-state index < -0.39 is 0 Å². The zero-order valence-corrected chi connectivity index (χ0v) is 9.20. The van der Waals surface area contributed by atoms with Crippen LogP contribution < -0.4 is 11.1 Å². The summed E-state index contributed by atoms with van der Waals surface area (Å²) in [6.07, 6.45) is 3.32. The van der Waals surface area contributed by atoms with Crippen LogP contribution >= 0.6 is 0 Å². The molecule has 1 saturated heterocycles. The molecule has 1 heterocycles. The molecule has 1 aromatic carbocycles. The highest BCUT2D eigenvalue weighted by Crippen LogP contribution is 2.24. The van der Waals surface area contributed by atoms with E-state index in [-0.39, 0.29) is 0 Å². The molecule has 4 nitrogen and oxygen atoms in total. The van der Waals surface area contributed by atoms with Crippen LogP contribution in [0.5, 0.6) is 0 Å². The summed E-state index contributed by atoms with van der Waals surface area (Å²) in [5.74, 6) is 0. The third-order valence-electron chi connectivity index (χ3n) is 2.85. The zero-order chi connectivity index (χ0) is 11.4. The molecule has 1 aliphatic rings. The number of ether oxygens (including phenoxy) is 1. The lowest BCUT2D eigenvalue weighted by atomic mass is 10.1. The number of nitrogens with one attached hydrogen (secondary N) is 2. The van der Waals surface area contributed by atoms with E-state index in [1.807, 2.05) is 18.2 Å². The molecule has 0 aromatic heterocycles. The Labute approximate surface area is 95.3 Å². The van der Waals surface area contributed by atoms with Gasteiger partial charge in [0.2, 0.25) is 0 Å². The molecule has 4 heteroatoms. The summed E-state index contributed by atoms with van der Waals surface area (Å²) in [6, 6.07) is 6.02. The van der Waals surface area contributed by atoms with E-state index in [9.17, 15) is 0 Å². The molecule has 16 heavy (non-hydrogen) atoms. The first-order valence-corrected chi connectivity index (χ1v) is 5.54. The van der Waals surface area contributed by atoms with Gasteiger partial charge in [0.1, 0.15) is 0 Å². The fourth-order valence-corrected chi connectivity index (χ4v) is 1.92. The number of para-hydroxylation sites is 1. The van der Waals surface area contributed by atoms with E-state index in [4.69, 9.17) is 15.9 Å². The average molecular weight is 219 g/mol. The van der Waals surface area contributed by atoms with Gasteiger partial charge in [0.15, 0.2) is 0 Å². The number of nitrogen functional groups attached to an aromatic ring is 1. The normalized spacial score (nSPS) is 17.0. The first-order valence-electron chi connectivity index (χ1n) is 5.54. The molecule has 4 N–H and O–H groups in total. The third-order valence-corrected chi connectivity index (χ3v) is 2.85. The average Bonchev–Trinajstić information content (AvgIpc) is 2.33. The Hall–Kier alpha value is -1.55. The Morgan fingerprint density at radius 3 is 2.81 bits per heavy atom. The molecule has 86 valence electrons. The number of anilines is 2. The number of rotatable bonds is 3. The number of hydrogen-bond acceptors (Lipinski definition) is 4. The van der Waals surface area contributed by atoms with Crippen molar-refractivity contribution in [1.82, 2.24) is 0 Å². The molecule has 0 amide bonds. The summed E-state index contributed by atoms with van der Waals surface area (Å²) in [5, 5.41) is 10.8. The maximum Gasteiger partial charge on any atom is 0.0664 e. The van der Waals surface area contributed by atoms with Crippen LogP contribution in [0.15, 0.2) is 18.2 Å². The third kappa shape index (κ3) is 2.33. The fourth-order valence-electron chi connectivity index (χ4n) is 1.92. The van der Waals surface area contributed by atoms with E-state index >= 15 is 0 Å². The van der Waals surface area contributed by atoms with Crippen molar-refractivity contribution in [2.75, 3.05) is 24.3 Å². The van der Waals surface area contributed by atoms with Gasteiger partial charge in [0.05, 0.1) is 11.4 Å².